The summed E-state index contributed by atoms with van der Waals surface area (Å²) in [5, 5.41) is 7.09. The number of pyridine rings is 1. The Kier molecular flexibility index (Phi) is 7.15. The number of ether oxygens (including phenoxy) is 1. The maximum atomic E-state index is 12.6. The molecule has 1 fully saturated rings. The van der Waals surface area contributed by atoms with Gasteiger partial charge in [0.05, 0.1) is 28.7 Å². The van der Waals surface area contributed by atoms with Crippen molar-refractivity contribution in [2.75, 3.05) is 5.75 Å². The van der Waals surface area contributed by atoms with Gasteiger partial charge in [-0.3, -0.25) is 14.3 Å². The van der Waals surface area contributed by atoms with E-state index in [1.807, 2.05) is 42.5 Å². The molecule has 0 N–H and O–H groups in total. The number of halogens is 3. The number of amides is 1. The lowest BCUT2D eigenvalue weighted by molar-refractivity contribution is -0.274. The van der Waals surface area contributed by atoms with Crippen molar-refractivity contribution >= 4 is 56.7 Å². The molecule has 0 spiro atoms. The van der Waals surface area contributed by atoms with E-state index in [0.29, 0.717) is 27.5 Å². The minimum absolute atomic E-state index is 0.156. The summed E-state index contributed by atoms with van der Waals surface area (Å²) in [5.74, 6) is 0.0832. The molecule has 6 rings (SSSR count). The second kappa shape index (κ2) is 10.9. The molecule has 0 radical (unpaired) electrons. The van der Waals surface area contributed by atoms with Gasteiger partial charge in [0.25, 0.3) is 5.91 Å². The van der Waals surface area contributed by atoms with Crippen molar-refractivity contribution in [1.29, 1.82) is 0 Å². The molecule has 212 valence electrons. The van der Waals surface area contributed by atoms with Crippen LogP contribution in [-0.4, -0.2) is 48.9 Å². The zero-order valence-electron chi connectivity index (χ0n) is 22.4. The van der Waals surface area contributed by atoms with E-state index in [1.165, 1.54) is 41.0 Å². The SMILES string of the molecule is CC(C)c1ccccc1N=C1SCC(=O)N1N=Cc1cnc2c(ccc3c2ncn3-c2ccc(OC(F)(F)F)cc2)c1. The predicted octanol–water partition coefficient (Wildman–Crippen LogP) is 7.19. The van der Waals surface area contributed by atoms with Crippen molar-refractivity contribution in [3.8, 4) is 11.4 Å². The van der Waals surface area contributed by atoms with Gasteiger partial charge < -0.3 is 4.74 Å². The number of rotatable bonds is 6. The van der Waals surface area contributed by atoms with E-state index in [9.17, 15) is 18.0 Å². The second-order valence-electron chi connectivity index (χ2n) is 9.78. The van der Waals surface area contributed by atoms with Crippen molar-refractivity contribution < 1.29 is 22.7 Å². The van der Waals surface area contributed by atoms with Gasteiger partial charge in [-0.05, 0) is 53.9 Å². The monoisotopic (exact) mass is 588 g/mol. The third kappa shape index (κ3) is 5.57. The van der Waals surface area contributed by atoms with Crippen LogP contribution in [0.15, 0.2) is 89.3 Å². The van der Waals surface area contributed by atoms with Gasteiger partial charge in [-0.1, -0.05) is 49.9 Å². The van der Waals surface area contributed by atoms with Gasteiger partial charge in [0, 0.05) is 22.8 Å². The first kappa shape index (κ1) is 27.5. The van der Waals surface area contributed by atoms with Crippen LogP contribution in [0.5, 0.6) is 5.75 Å². The van der Waals surface area contributed by atoms with Crippen LogP contribution >= 0.6 is 11.8 Å². The molecule has 1 aliphatic heterocycles. The number of carbonyl (C=O) groups excluding carboxylic acids is 1. The topological polar surface area (TPSA) is 85.0 Å². The first-order valence-corrected chi connectivity index (χ1v) is 13.9. The van der Waals surface area contributed by atoms with E-state index >= 15 is 0 Å². The number of fused-ring (bicyclic) bond motifs is 3. The quantitative estimate of drug-likeness (QED) is 0.196. The zero-order valence-corrected chi connectivity index (χ0v) is 23.2. The van der Waals surface area contributed by atoms with Crippen LogP contribution in [0.4, 0.5) is 18.9 Å². The van der Waals surface area contributed by atoms with E-state index in [4.69, 9.17) is 4.99 Å². The van der Waals surface area contributed by atoms with Crippen LogP contribution in [0.3, 0.4) is 0 Å². The van der Waals surface area contributed by atoms with Gasteiger partial charge in [0.1, 0.15) is 17.6 Å². The normalized spacial score (nSPS) is 15.2. The lowest BCUT2D eigenvalue weighted by atomic mass is 10.0. The fraction of sp³-hybridized carbons (Fsp3) is 0.167. The van der Waals surface area contributed by atoms with Crippen LogP contribution in [-0.2, 0) is 4.79 Å². The van der Waals surface area contributed by atoms with Gasteiger partial charge in [0.2, 0.25) is 0 Å². The highest BCUT2D eigenvalue weighted by Crippen LogP contribution is 2.31. The van der Waals surface area contributed by atoms with Crippen LogP contribution in [0.2, 0.25) is 0 Å². The molecular formula is C30H23F3N6O2S. The second-order valence-corrected chi connectivity index (χ2v) is 10.7. The summed E-state index contributed by atoms with van der Waals surface area (Å²) < 4.78 is 43.2. The fourth-order valence-electron chi connectivity index (χ4n) is 4.63. The Bertz CT molecular complexity index is 1870. The van der Waals surface area contributed by atoms with Crippen molar-refractivity contribution in [2.24, 2.45) is 10.1 Å². The number of aromatic nitrogens is 3. The summed E-state index contributed by atoms with van der Waals surface area (Å²) in [6.07, 6.45) is 0.0607. The molecule has 3 aromatic carbocycles. The van der Waals surface area contributed by atoms with Gasteiger partial charge >= 0.3 is 6.36 Å². The van der Waals surface area contributed by atoms with E-state index in [0.717, 1.165) is 22.2 Å². The average molecular weight is 589 g/mol. The van der Waals surface area contributed by atoms with Gasteiger partial charge in [-0.2, -0.15) is 10.1 Å². The number of amidine groups is 1. The molecule has 8 nitrogen and oxygen atoms in total. The third-order valence-electron chi connectivity index (χ3n) is 6.58. The summed E-state index contributed by atoms with van der Waals surface area (Å²) in [4.78, 5) is 26.5. The lowest BCUT2D eigenvalue weighted by Gasteiger charge is -2.12. The maximum Gasteiger partial charge on any atom is 0.573 e. The Morgan fingerprint density at radius 1 is 1.02 bits per heavy atom. The Morgan fingerprint density at radius 2 is 1.81 bits per heavy atom. The number of alkyl halides is 3. The number of nitrogens with zero attached hydrogens (tertiary/aromatic N) is 6. The molecule has 1 saturated heterocycles. The van der Waals surface area contributed by atoms with Crippen LogP contribution in [0.25, 0.3) is 27.6 Å². The molecule has 0 saturated carbocycles. The Hall–Kier alpha value is -4.71. The van der Waals surface area contributed by atoms with Crippen LogP contribution in [0, 0.1) is 0 Å². The predicted molar refractivity (Wildman–Crippen MR) is 158 cm³/mol. The first-order valence-electron chi connectivity index (χ1n) is 13.0. The van der Waals surface area contributed by atoms with Crippen LogP contribution in [0.1, 0.15) is 30.9 Å². The van der Waals surface area contributed by atoms with Gasteiger partial charge in [-0.15, -0.1) is 13.2 Å². The highest BCUT2D eigenvalue weighted by Gasteiger charge is 2.31. The number of para-hydroxylation sites is 1. The lowest BCUT2D eigenvalue weighted by Crippen LogP contribution is -2.23. The average Bonchev–Trinajstić information content (AvgIpc) is 3.55. The Labute approximate surface area is 242 Å². The molecule has 2 aromatic heterocycles. The standard InChI is InChI=1S/C30H23F3N6O2S/c1-18(2)23-5-3-4-6-24(23)37-29-39(26(40)16-42-29)36-15-19-13-20-7-12-25-28(27(20)34-14-19)35-17-38(25)21-8-10-22(11-9-21)41-30(31,32)33/h3-15,17-18H,16H2,1-2H3. The molecule has 0 bridgehead atoms. The highest BCUT2D eigenvalue weighted by molar-refractivity contribution is 8.15. The number of hydrogen-bond donors (Lipinski definition) is 0. The number of hydrazone groups is 1. The Morgan fingerprint density at radius 3 is 2.57 bits per heavy atom. The van der Waals surface area contributed by atoms with Crippen molar-refractivity contribution in [3.05, 3.63) is 90.4 Å². The number of hydrogen-bond acceptors (Lipinski definition) is 7. The first-order chi connectivity index (χ1) is 20.2. The molecule has 0 atom stereocenters. The molecule has 1 aliphatic rings. The number of benzene rings is 3. The zero-order chi connectivity index (χ0) is 29.4. The molecule has 0 unspecified atom stereocenters. The van der Waals surface area contributed by atoms with Crippen LogP contribution < -0.4 is 4.74 Å². The molecule has 3 heterocycles. The summed E-state index contributed by atoms with van der Waals surface area (Å²) >= 11 is 1.35. The van der Waals surface area contributed by atoms with Crippen molar-refractivity contribution in [2.45, 2.75) is 26.1 Å². The molecule has 1 amide bonds. The van der Waals surface area contributed by atoms with E-state index in [2.05, 4.69) is 33.7 Å². The summed E-state index contributed by atoms with van der Waals surface area (Å²) in [5.41, 5.74) is 5.24. The summed E-state index contributed by atoms with van der Waals surface area (Å²) in [6, 6.07) is 19.1. The number of carbonyl (C=O) groups is 1. The summed E-state index contributed by atoms with van der Waals surface area (Å²) in [6.45, 7) is 4.20. The number of imidazole rings is 1. The fourth-order valence-corrected chi connectivity index (χ4v) is 5.44. The van der Waals surface area contributed by atoms with Gasteiger partial charge in [-0.25, -0.2) is 9.98 Å². The molecular weight excluding hydrogens is 565 g/mol. The molecule has 5 aromatic rings. The third-order valence-corrected chi connectivity index (χ3v) is 7.49. The summed E-state index contributed by atoms with van der Waals surface area (Å²) in [7, 11) is 0. The number of aliphatic imine (C=N–C) groups is 1. The largest absolute Gasteiger partial charge is 0.573 e. The van der Waals surface area contributed by atoms with E-state index < -0.39 is 6.36 Å². The van der Waals surface area contributed by atoms with Crippen molar-refractivity contribution in [1.82, 2.24) is 19.5 Å². The maximum absolute atomic E-state index is 12.6. The Balaban J connectivity index is 1.26. The molecule has 12 heteroatoms. The molecule has 0 aliphatic carbocycles. The minimum Gasteiger partial charge on any atom is -0.406 e. The van der Waals surface area contributed by atoms with E-state index in [1.54, 1.807) is 23.3 Å². The highest BCUT2D eigenvalue weighted by atomic mass is 32.2. The minimum atomic E-state index is -4.75. The van der Waals surface area contributed by atoms with Gasteiger partial charge in [0.15, 0.2) is 5.17 Å². The number of thioether (sulfide) groups is 1. The van der Waals surface area contributed by atoms with E-state index in [-0.39, 0.29) is 23.3 Å². The van der Waals surface area contributed by atoms with Crippen molar-refractivity contribution in [3.63, 3.8) is 0 Å². The smallest absolute Gasteiger partial charge is 0.406 e. The molecule has 42 heavy (non-hydrogen) atoms.